The fourth-order valence-corrected chi connectivity index (χ4v) is 3.10. The number of nitrogens with one attached hydrogen (secondary N) is 2. The van der Waals surface area contributed by atoms with E-state index in [4.69, 9.17) is 4.52 Å². The molecule has 7 nitrogen and oxygen atoms in total. The Morgan fingerprint density at radius 2 is 1.88 bits per heavy atom. The van der Waals surface area contributed by atoms with E-state index in [-0.39, 0.29) is 30.7 Å². The van der Waals surface area contributed by atoms with E-state index in [1.807, 2.05) is 7.05 Å². The normalized spacial score (nSPS) is 15.5. The fraction of sp³-hybridized carbons (Fsp3) is 0.812. The van der Waals surface area contributed by atoms with Gasteiger partial charge >= 0.3 is 0 Å². The monoisotopic (exact) mass is 395 g/mol. The van der Waals surface area contributed by atoms with Gasteiger partial charge in [-0.15, -0.1) is 24.8 Å². The lowest BCUT2D eigenvalue weighted by atomic mass is 9.96. The standard InChI is InChI=1S/C16H29N5O2.2ClH/c1-4-21(5-2)12-14-18-15(20-23-14)16(9-6-7-10-16)19-13(22)8-11-17-3;;/h17H,4-12H2,1-3H3,(H,19,22);2*1H. The van der Waals surface area contributed by atoms with Gasteiger partial charge < -0.3 is 15.2 Å². The van der Waals surface area contributed by atoms with Gasteiger partial charge in [0.25, 0.3) is 0 Å². The van der Waals surface area contributed by atoms with Crippen LogP contribution in [0, 0.1) is 0 Å². The molecule has 0 radical (unpaired) electrons. The van der Waals surface area contributed by atoms with Crippen LogP contribution in [0.1, 0.15) is 57.7 Å². The molecule has 0 unspecified atom stereocenters. The average molecular weight is 396 g/mol. The van der Waals surface area contributed by atoms with Crippen LogP contribution in [0.15, 0.2) is 4.52 Å². The molecular formula is C16H31Cl2N5O2. The fourth-order valence-electron chi connectivity index (χ4n) is 3.10. The Morgan fingerprint density at radius 1 is 1.24 bits per heavy atom. The first-order chi connectivity index (χ1) is 11.1. The highest BCUT2D eigenvalue weighted by Gasteiger charge is 2.41. The second-order valence-corrected chi connectivity index (χ2v) is 6.16. The van der Waals surface area contributed by atoms with E-state index < -0.39 is 5.54 Å². The summed E-state index contributed by atoms with van der Waals surface area (Å²) < 4.78 is 5.43. The first-order valence-corrected chi connectivity index (χ1v) is 8.64. The zero-order valence-electron chi connectivity index (χ0n) is 15.3. The van der Waals surface area contributed by atoms with Crippen LogP contribution in [0.25, 0.3) is 0 Å². The van der Waals surface area contributed by atoms with Gasteiger partial charge in [0.15, 0.2) is 5.82 Å². The largest absolute Gasteiger partial charge is 0.343 e. The van der Waals surface area contributed by atoms with Gasteiger partial charge in [0.1, 0.15) is 5.54 Å². The molecule has 1 fully saturated rings. The number of rotatable bonds is 9. The van der Waals surface area contributed by atoms with Gasteiger partial charge in [-0.25, -0.2) is 0 Å². The van der Waals surface area contributed by atoms with E-state index in [9.17, 15) is 4.79 Å². The Hall–Kier alpha value is -0.890. The molecule has 1 aromatic heterocycles. The molecule has 1 aliphatic rings. The molecule has 2 rings (SSSR count). The lowest BCUT2D eigenvalue weighted by Crippen LogP contribution is -2.45. The molecule has 0 aliphatic heterocycles. The highest BCUT2D eigenvalue weighted by atomic mass is 35.5. The first kappa shape index (κ1) is 24.1. The molecule has 0 aromatic carbocycles. The van der Waals surface area contributed by atoms with E-state index in [0.29, 0.717) is 31.2 Å². The van der Waals surface area contributed by atoms with Gasteiger partial charge in [0.05, 0.1) is 6.54 Å². The number of amides is 1. The minimum atomic E-state index is -0.449. The number of carbonyl (C=O) groups excluding carboxylic acids is 1. The Bertz CT molecular complexity index is 502. The second-order valence-electron chi connectivity index (χ2n) is 6.16. The SMILES string of the molecule is CCN(CC)Cc1nc(C2(NC(=O)CCNC)CCCC2)no1.Cl.Cl. The molecule has 0 spiro atoms. The third kappa shape index (κ3) is 6.40. The second kappa shape index (κ2) is 11.7. The number of hydrogen-bond donors (Lipinski definition) is 2. The predicted molar refractivity (Wildman–Crippen MR) is 102 cm³/mol. The van der Waals surface area contributed by atoms with Crippen molar-refractivity contribution in [3.05, 3.63) is 11.7 Å². The van der Waals surface area contributed by atoms with Crippen LogP contribution >= 0.6 is 24.8 Å². The molecule has 1 heterocycles. The van der Waals surface area contributed by atoms with Gasteiger partial charge in [-0.2, -0.15) is 4.98 Å². The highest BCUT2D eigenvalue weighted by molar-refractivity contribution is 5.85. The van der Waals surface area contributed by atoms with Crippen molar-refractivity contribution in [1.82, 2.24) is 25.7 Å². The Balaban J connectivity index is 0.00000288. The molecule has 1 aliphatic carbocycles. The Kier molecular flexibility index (Phi) is 11.3. The molecule has 1 saturated carbocycles. The van der Waals surface area contributed by atoms with Gasteiger partial charge in [-0.3, -0.25) is 9.69 Å². The maximum absolute atomic E-state index is 12.2. The first-order valence-electron chi connectivity index (χ1n) is 8.64. The van der Waals surface area contributed by atoms with Crippen molar-refractivity contribution in [2.75, 3.05) is 26.7 Å². The quantitative estimate of drug-likeness (QED) is 0.666. The molecule has 9 heteroatoms. The summed E-state index contributed by atoms with van der Waals surface area (Å²) in [5.41, 5.74) is -0.449. The summed E-state index contributed by atoms with van der Waals surface area (Å²) in [5, 5.41) is 10.3. The van der Waals surface area contributed by atoms with Crippen LogP contribution in [0.4, 0.5) is 0 Å². The van der Waals surface area contributed by atoms with Crippen molar-refractivity contribution in [3.63, 3.8) is 0 Å². The topological polar surface area (TPSA) is 83.3 Å². The van der Waals surface area contributed by atoms with Gasteiger partial charge in [-0.1, -0.05) is 31.8 Å². The van der Waals surface area contributed by atoms with Crippen molar-refractivity contribution in [2.24, 2.45) is 0 Å². The van der Waals surface area contributed by atoms with E-state index in [2.05, 4.69) is 39.5 Å². The minimum Gasteiger partial charge on any atom is -0.343 e. The van der Waals surface area contributed by atoms with E-state index in [0.717, 1.165) is 38.8 Å². The van der Waals surface area contributed by atoms with Crippen LogP contribution < -0.4 is 10.6 Å². The van der Waals surface area contributed by atoms with Gasteiger partial charge in [0, 0.05) is 13.0 Å². The Morgan fingerprint density at radius 3 is 2.44 bits per heavy atom. The summed E-state index contributed by atoms with van der Waals surface area (Å²) in [7, 11) is 1.84. The molecule has 1 aromatic rings. The summed E-state index contributed by atoms with van der Waals surface area (Å²) in [4.78, 5) is 19.0. The predicted octanol–water partition coefficient (Wildman–Crippen LogP) is 2.25. The van der Waals surface area contributed by atoms with Crippen molar-refractivity contribution in [1.29, 1.82) is 0 Å². The summed E-state index contributed by atoms with van der Waals surface area (Å²) in [6, 6.07) is 0. The van der Waals surface area contributed by atoms with Crippen LogP contribution in [0.3, 0.4) is 0 Å². The maximum Gasteiger partial charge on any atom is 0.240 e. The lowest BCUT2D eigenvalue weighted by Gasteiger charge is -2.26. The summed E-state index contributed by atoms with van der Waals surface area (Å²) in [5.74, 6) is 1.30. The molecule has 1 amide bonds. The maximum atomic E-state index is 12.2. The number of aromatic nitrogens is 2. The van der Waals surface area contributed by atoms with Crippen molar-refractivity contribution in [2.45, 2.75) is 58.0 Å². The van der Waals surface area contributed by atoms with E-state index in [1.54, 1.807) is 0 Å². The molecule has 0 atom stereocenters. The Labute approximate surface area is 162 Å². The van der Waals surface area contributed by atoms with Crippen LogP contribution in [-0.4, -0.2) is 47.6 Å². The number of halogens is 2. The highest BCUT2D eigenvalue weighted by Crippen LogP contribution is 2.37. The third-order valence-corrected chi connectivity index (χ3v) is 4.59. The zero-order chi connectivity index (χ0) is 16.7. The molecule has 2 N–H and O–H groups in total. The van der Waals surface area contributed by atoms with Crippen LogP contribution in [0.5, 0.6) is 0 Å². The zero-order valence-corrected chi connectivity index (χ0v) is 17.0. The van der Waals surface area contributed by atoms with Crippen molar-refractivity contribution in [3.8, 4) is 0 Å². The van der Waals surface area contributed by atoms with Crippen LogP contribution in [-0.2, 0) is 16.9 Å². The van der Waals surface area contributed by atoms with Crippen LogP contribution in [0.2, 0.25) is 0 Å². The van der Waals surface area contributed by atoms with E-state index >= 15 is 0 Å². The van der Waals surface area contributed by atoms with Crippen molar-refractivity contribution >= 4 is 30.7 Å². The number of hydrogen-bond acceptors (Lipinski definition) is 6. The number of nitrogens with zero attached hydrogens (tertiary/aromatic N) is 3. The van der Waals surface area contributed by atoms with Gasteiger partial charge in [-0.05, 0) is 33.0 Å². The molecule has 146 valence electrons. The molecule has 25 heavy (non-hydrogen) atoms. The van der Waals surface area contributed by atoms with Crippen molar-refractivity contribution < 1.29 is 9.32 Å². The third-order valence-electron chi connectivity index (χ3n) is 4.59. The summed E-state index contributed by atoms with van der Waals surface area (Å²) >= 11 is 0. The smallest absolute Gasteiger partial charge is 0.240 e. The molecule has 0 saturated heterocycles. The number of carbonyl (C=O) groups is 1. The van der Waals surface area contributed by atoms with E-state index in [1.165, 1.54) is 0 Å². The minimum absolute atomic E-state index is 0. The average Bonchev–Trinajstić information content (AvgIpc) is 3.20. The lowest BCUT2D eigenvalue weighted by molar-refractivity contribution is -0.123. The van der Waals surface area contributed by atoms with Gasteiger partial charge in [0.2, 0.25) is 11.8 Å². The molecule has 0 bridgehead atoms. The molecular weight excluding hydrogens is 365 g/mol. The summed E-state index contributed by atoms with van der Waals surface area (Å²) in [6.45, 7) is 7.44. The summed E-state index contributed by atoms with van der Waals surface area (Å²) in [6.07, 6.45) is 4.37.